The summed E-state index contributed by atoms with van der Waals surface area (Å²) in [5, 5.41) is 6.58. The Bertz CT molecular complexity index is 862. The fraction of sp³-hybridized carbons (Fsp3) is 0.111. The largest absolute Gasteiger partial charge is 0.497 e. The van der Waals surface area contributed by atoms with E-state index in [1.54, 1.807) is 19.2 Å². The Morgan fingerprint density at radius 2 is 1.87 bits per heavy atom. The van der Waals surface area contributed by atoms with Crippen molar-refractivity contribution in [2.24, 2.45) is 0 Å². The van der Waals surface area contributed by atoms with Crippen molar-refractivity contribution in [2.45, 2.75) is 6.92 Å². The molecule has 0 aliphatic rings. The van der Waals surface area contributed by atoms with Gasteiger partial charge in [0.1, 0.15) is 5.75 Å². The lowest BCUT2D eigenvalue weighted by molar-refractivity contribution is 0.262. The lowest BCUT2D eigenvalue weighted by atomic mass is 10.1. The molecule has 0 aliphatic heterocycles. The van der Waals surface area contributed by atoms with Crippen LogP contribution in [0, 0.1) is 6.92 Å². The highest BCUT2D eigenvalue weighted by molar-refractivity contribution is 6.05. The standard InChI is InChI=1S/C18H17N3O2/c1-12-10-17(15-8-3-4-9-16(15)19-12)21-18(22)20-13-6-5-7-14(11-13)23-2/h3-11H,1-2H3,(H2,19,20,21,22). The van der Waals surface area contributed by atoms with Crippen LogP contribution in [0.15, 0.2) is 54.6 Å². The number of hydrogen-bond acceptors (Lipinski definition) is 3. The SMILES string of the molecule is COc1cccc(NC(=O)Nc2cc(C)nc3ccccc23)c1. The first kappa shape index (κ1) is 14.8. The number of urea groups is 1. The zero-order valence-electron chi connectivity index (χ0n) is 13.0. The number of anilines is 2. The molecule has 0 atom stereocenters. The van der Waals surface area contributed by atoms with E-state index in [1.807, 2.05) is 49.4 Å². The molecule has 5 heteroatoms. The van der Waals surface area contributed by atoms with Gasteiger partial charge in [0.25, 0.3) is 0 Å². The highest BCUT2D eigenvalue weighted by Crippen LogP contribution is 2.23. The third-order valence-electron chi connectivity index (χ3n) is 3.42. The quantitative estimate of drug-likeness (QED) is 0.762. The lowest BCUT2D eigenvalue weighted by Gasteiger charge is -2.11. The average molecular weight is 307 g/mol. The van der Waals surface area contributed by atoms with Gasteiger partial charge in [-0.25, -0.2) is 4.79 Å². The number of aryl methyl sites for hydroxylation is 1. The summed E-state index contributed by atoms with van der Waals surface area (Å²) in [7, 11) is 1.59. The second-order valence-corrected chi connectivity index (χ2v) is 5.14. The smallest absolute Gasteiger partial charge is 0.323 e. The van der Waals surface area contributed by atoms with Crippen LogP contribution in [0.2, 0.25) is 0 Å². The normalized spacial score (nSPS) is 10.3. The molecule has 0 aliphatic carbocycles. The summed E-state index contributed by atoms with van der Waals surface area (Å²) in [5.41, 5.74) is 3.09. The lowest BCUT2D eigenvalue weighted by Crippen LogP contribution is -2.19. The minimum absolute atomic E-state index is 0.311. The number of nitrogens with one attached hydrogen (secondary N) is 2. The van der Waals surface area contributed by atoms with Crippen LogP contribution in [0.1, 0.15) is 5.69 Å². The van der Waals surface area contributed by atoms with Crippen molar-refractivity contribution < 1.29 is 9.53 Å². The van der Waals surface area contributed by atoms with Gasteiger partial charge in [-0.05, 0) is 31.2 Å². The van der Waals surface area contributed by atoms with Crippen molar-refractivity contribution in [3.05, 3.63) is 60.3 Å². The molecule has 23 heavy (non-hydrogen) atoms. The van der Waals surface area contributed by atoms with Gasteiger partial charge >= 0.3 is 6.03 Å². The molecule has 5 nitrogen and oxygen atoms in total. The summed E-state index contributed by atoms with van der Waals surface area (Å²) < 4.78 is 5.15. The number of carbonyl (C=O) groups excluding carboxylic acids is 1. The molecule has 2 N–H and O–H groups in total. The predicted molar refractivity (Wildman–Crippen MR) is 92.1 cm³/mol. The van der Waals surface area contributed by atoms with Crippen LogP contribution >= 0.6 is 0 Å². The molecule has 0 bridgehead atoms. The van der Waals surface area contributed by atoms with Gasteiger partial charge in [-0.1, -0.05) is 24.3 Å². The number of hydrogen-bond donors (Lipinski definition) is 2. The van der Waals surface area contributed by atoms with Gasteiger partial charge in [-0.2, -0.15) is 0 Å². The minimum Gasteiger partial charge on any atom is -0.497 e. The van der Waals surface area contributed by atoms with Gasteiger partial charge in [0.15, 0.2) is 0 Å². The van der Waals surface area contributed by atoms with E-state index >= 15 is 0 Å². The van der Waals surface area contributed by atoms with Crippen LogP contribution in [-0.4, -0.2) is 18.1 Å². The van der Waals surface area contributed by atoms with Gasteiger partial charge < -0.3 is 15.4 Å². The fourth-order valence-electron chi connectivity index (χ4n) is 2.40. The fourth-order valence-corrected chi connectivity index (χ4v) is 2.40. The summed E-state index contributed by atoms with van der Waals surface area (Å²) in [6, 6.07) is 16.5. The van der Waals surface area contributed by atoms with E-state index in [0.29, 0.717) is 11.4 Å². The summed E-state index contributed by atoms with van der Waals surface area (Å²) in [4.78, 5) is 16.7. The van der Waals surface area contributed by atoms with E-state index in [9.17, 15) is 4.79 Å². The van der Waals surface area contributed by atoms with Crippen LogP contribution in [0.3, 0.4) is 0 Å². The number of nitrogens with zero attached hydrogens (tertiary/aromatic N) is 1. The van der Waals surface area contributed by atoms with Gasteiger partial charge in [0.05, 0.1) is 18.3 Å². The van der Waals surface area contributed by atoms with E-state index < -0.39 is 0 Å². The first-order valence-corrected chi connectivity index (χ1v) is 7.24. The molecule has 2 amide bonds. The van der Waals surface area contributed by atoms with Crippen molar-refractivity contribution in [2.75, 3.05) is 17.7 Å². The summed E-state index contributed by atoms with van der Waals surface area (Å²) >= 11 is 0. The Morgan fingerprint density at radius 1 is 1.04 bits per heavy atom. The van der Waals surface area contributed by atoms with Crippen LogP contribution in [0.5, 0.6) is 5.75 Å². The molecular formula is C18H17N3O2. The molecule has 0 spiro atoms. The Labute approximate surface area is 134 Å². The number of methoxy groups -OCH3 is 1. The molecule has 1 aromatic heterocycles. The predicted octanol–water partition coefficient (Wildman–Crippen LogP) is 4.20. The zero-order valence-corrected chi connectivity index (χ0v) is 13.0. The number of pyridine rings is 1. The number of carbonyl (C=O) groups is 1. The second-order valence-electron chi connectivity index (χ2n) is 5.14. The molecule has 0 saturated carbocycles. The summed E-state index contributed by atoms with van der Waals surface area (Å²) in [6.07, 6.45) is 0. The van der Waals surface area contributed by atoms with Crippen molar-refractivity contribution in [1.82, 2.24) is 4.98 Å². The maximum atomic E-state index is 12.3. The molecule has 3 aromatic rings. The summed E-state index contributed by atoms with van der Waals surface area (Å²) in [5.74, 6) is 0.688. The van der Waals surface area contributed by atoms with Crippen molar-refractivity contribution in [3.63, 3.8) is 0 Å². The minimum atomic E-state index is -0.311. The monoisotopic (exact) mass is 307 g/mol. The Hall–Kier alpha value is -3.08. The van der Waals surface area contributed by atoms with E-state index in [4.69, 9.17) is 4.74 Å². The molecule has 3 rings (SSSR count). The van der Waals surface area contributed by atoms with Crippen molar-refractivity contribution in [3.8, 4) is 5.75 Å². The van der Waals surface area contributed by atoms with Gasteiger partial charge in [-0.3, -0.25) is 4.98 Å². The number of aromatic nitrogens is 1. The molecule has 116 valence electrons. The van der Waals surface area contributed by atoms with E-state index in [1.165, 1.54) is 0 Å². The molecular weight excluding hydrogens is 290 g/mol. The first-order chi connectivity index (χ1) is 11.2. The maximum absolute atomic E-state index is 12.3. The molecule has 1 heterocycles. The third kappa shape index (κ3) is 3.40. The van der Waals surface area contributed by atoms with Gasteiger partial charge in [0.2, 0.25) is 0 Å². The van der Waals surface area contributed by atoms with E-state index in [-0.39, 0.29) is 6.03 Å². The van der Waals surface area contributed by atoms with E-state index in [2.05, 4.69) is 15.6 Å². The number of amides is 2. The van der Waals surface area contributed by atoms with Crippen LogP contribution < -0.4 is 15.4 Å². The Balaban J connectivity index is 1.82. The zero-order chi connectivity index (χ0) is 16.2. The van der Waals surface area contributed by atoms with Crippen LogP contribution in [-0.2, 0) is 0 Å². The van der Waals surface area contributed by atoms with Gasteiger partial charge in [-0.15, -0.1) is 0 Å². The summed E-state index contributed by atoms with van der Waals surface area (Å²) in [6.45, 7) is 1.90. The number of benzene rings is 2. The molecule has 2 aromatic carbocycles. The molecule has 0 unspecified atom stereocenters. The molecule has 0 saturated heterocycles. The number of fused-ring (bicyclic) bond motifs is 1. The van der Waals surface area contributed by atoms with Crippen LogP contribution in [0.4, 0.5) is 16.2 Å². The van der Waals surface area contributed by atoms with Gasteiger partial charge in [0, 0.05) is 22.8 Å². The second kappa shape index (κ2) is 6.36. The molecule has 0 fully saturated rings. The number of ether oxygens (including phenoxy) is 1. The topological polar surface area (TPSA) is 63.2 Å². The Kier molecular flexibility index (Phi) is 4.10. The Morgan fingerprint density at radius 3 is 2.70 bits per heavy atom. The van der Waals surface area contributed by atoms with Crippen molar-refractivity contribution in [1.29, 1.82) is 0 Å². The number of para-hydroxylation sites is 1. The van der Waals surface area contributed by atoms with E-state index in [0.717, 1.165) is 22.3 Å². The first-order valence-electron chi connectivity index (χ1n) is 7.24. The molecule has 0 radical (unpaired) electrons. The van der Waals surface area contributed by atoms with Crippen LogP contribution in [0.25, 0.3) is 10.9 Å². The maximum Gasteiger partial charge on any atom is 0.323 e. The number of rotatable bonds is 3. The highest BCUT2D eigenvalue weighted by atomic mass is 16.5. The van der Waals surface area contributed by atoms with Crippen molar-refractivity contribution >= 4 is 28.3 Å². The average Bonchev–Trinajstić information content (AvgIpc) is 2.54. The third-order valence-corrected chi connectivity index (χ3v) is 3.42. The highest BCUT2D eigenvalue weighted by Gasteiger charge is 2.08.